The fourth-order valence-electron chi connectivity index (χ4n) is 5.09. The molecule has 6 atom stereocenters. The lowest BCUT2D eigenvalue weighted by molar-refractivity contribution is -0.439. The molecular weight excluding hydrogens is 543 g/mol. The second-order valence-electron chi connectivity index (χ2n) is 8.80. The standard InChI is InChI=1S/C18H15F13O3S/c1-5-6-4-7(9-8(6)11(32)34-12(9)33)10(5)35-3-2-13(19,20)14(21,22)15(23,24)16(25,26)17(27,28)18(29,30)31/h5-10H,2-4H2,1H3. The van der Waals surface area contributed by atoms with E-state index in [1.807, 2.05) is 0 Å². The summed E-state index contributed by atoms with van der Waals surface area (Å²) < 4.78 is 176. The summed E-state index contributed by atoms with van der Waals surface area (Å²) in [6.45, 7) is 1.55. The molecule has 17 heteroatoms. The van der Waals surface area contributed by atoms with Crippen molar-refractivity contribution >= 4 is 23.7 Å². The second kappa shape index (κ2) is 8.04. The van der Waals surface area contributed by atoms with Crippen molar-refractivity contribution in [2.75, 3.05) is 5.75 Å². The predicted octanol–water partition coefficient (Wildman–Crippen LogP) is 5.82. The van der Waals surface area contributed by atoms with Crippen molar-refractivity contribution in [1.82, 2.24) is 0 Å². The van der Waals surface area contributed by atoms with E-state index in [9.17, 15) is 66.7 Å². The lowest BCUT2D eigenvalue weighted by Crippen LogP contribution is -2.70. The molecule has 3 rings (SSSR count). The first kappa shape index (κ1) is 28.2. The number of carbonyl (C=O) groups is 2. The molecule has 1 saturated heterocycles. The van der Waals surface area contributed by atoms with Gasteiger partial charge in [-0.1, -0.05) is 6.92 Å². The van der Waals surface area contributed by atoms with Crippen molar-refractivity contribution < 1.29 is 71.4 Å². The molecule has 3 fully saturated rings. The Morgan fingerprint density at radius 2 is 1.20 bits per heavy atom. The van der Waals surface area contributed by atoms with Gasteiger partial charge in [0.15, 0.2) is 0 Å². The van der Waals surface area contributed by atoms with E-state index in [0.717, 1.165) is 0 Å². The van der Waals surface area contributed by atoms with E-state index < -0.39 is 94.7 Å². The largest absolute Gasteiger partial charge is 0.460 e. The maximum atomic E-state index is 14.0. The van der Waals surface area contributed by atoms with Gasteiger partial charge >= 0.3 is 47.7 Å². The predicted molar refractivity (Wildman–Crippen MR) is 90.5 cm³/mol. The van der Waals surface area contributed by atoms with Crippen LogP contribution in [0.15, 0.2) is 0 Å². The maximum Gasteiger partial charge on any atom is 0.460 e. The minimum atomic E-state index is -7.91. The molecule has 2 aliphatic carbocycles. The van der Waals surface area contributed by atoms with Gasteiger partial charge in [0.05, 0.1) is 11.8 Å². The molecule has 0 N–H and O–H groups in total. The molecule has 0 radical (unpaired) electrons. The summed E-state index contributed by atoms with van der Waals surface area (Å²) in [6, 6.07) is 0. The third-order valence-electron chi connectivity index (χ3n) is 6.94. The number of esters is 2. The molecule has 0 amide bonds. The molecule has 35 heavy (non-hydrogen) atoms. The van der Waals surface area contributed by atoms with E-state index in [1.165, 1.54) is 0 Å². The van der Waals surface area contributed by atoms with Gasteiger partial charge in [-0.15, -0.1) is 0 Å². The van der Waals surface area contributed by atoms with Gasteiger partial charge in [-0.2, -0.15) is 68.8 Å². The number of carbonyl (C=O) groups excluding carboxylic acids is 2. The van der Waals surface area contributed by atoms with Crippen LogP contribution in [0.1, 0.15) is 19.8 Å². The van der Waals surface area contributed by atoms with Crippen LogP contribution in [0.2, 0.25) is 0 Å². The summed E-state index contributed by atoms with van der Waals surface area (Å²) >= 11 is 0.485. The number of fused-ring (bicyclic) bond motifs is 5. The van der Waals surface area contributed by atoms with Gasteiger partial charge in [0.25, 0.3) is 0 Å². The number of ether oxygens (including phenoxy) is 1. The highest BCUT2D eigenvalue weighted by Crippen LogP contribution is 2.63. The molecule has 3 nitrogen and oxygen atoms in total. The Bertz CT molecular complexity index is 887. The Hall–Kier alpha value is -1.42. The zero-order valence-electron chi connectivity index (χ0n) is 17.1. The molecule has 2 bridgehead atoms. The Morgan fingerprint density at radius 1 is 0.743 bits per heavy atom. The van der Waals surface area contributed by atoms with Crippen LogP contribution < -0.4 is 0 Å². The third kappa shape index (κ3) is 3.71. The van der Waals surface area contributed by atoms with E-state index in [2.05, 4.69) is 4.74 Å². The number of cyclic esters (lactones) is 2. The van der Waals surface area contributed by atoms with Gasteiger partial charge in [-0.05, 0) is 29.9 Å². The number of halogens is 13. The third-order valence-corrected chi connectivity index (χ3v) is 8.54. The molecular formula is C18H15F13O3S. The summed E-state index contributed by atoms with van der Waals surface area (Å²) in [5, 5.41) is -0.722. The summed E-state index contributed by atoms with van der Waals surface area (Å²) in [6.07, 6.45) is -9.45. The average molecular weight is 558 g/mol. The lowest BCUT2D eigenvalue weighted by atomic mass is 9.75. The van der Waals surface area contributed by atoms with E-state index in [0.29, 0.717) is 11.8 Å². The first-order valence-electron chi connectivity index (χ1n) is 9.87. The van der Waals surface area contributed by atoms with E-state index in [4.69, 9.17) is 0 Å². The quantitative estimate of drug-likeness (QED) is 0.214. The van der Waals surface area contributed by atoms with Crippen LogP contribution >= 0.6 is 11.8 Å². The maximum absolute atomic E-state index is 14.0. The number of hydrogen-bond acceptors (Lipinski definition) is 4. The topological polar surface area (TPSA) is 43.4 Å². The van der Waals surface area contributed by atoms with Crippen LogP contribution in [-0.4, -0.2) is 58.7 Å². The molecule has 6 unspecified atom stereocenters. The Labute approximate surface area is 192 Å². The number of alkyl halides is 13. The Morgan fingerprint density at radius 3 is 1.69 bits per heavy atom. The van der Waals surface area contributed by atoms with Crippen LogP contribution in [0.25, 0.3) is 0 Å². The van der Waals surface area contributed by atoms with Crippen molar-refractivity contribution in [3.63, 3.8) is 0 Å². The van der Waals surface area contributed by atoms with Crippen molar-refractivity contribution in [1.29, 1.82) is 0 Å². The first-order chi connectivity index (χ1) is 15.5. The highest BCUT2D eigenvalue weighted by Gasteiger charge is 2.90. The first-order valence-corrected chi connectivity index (χ1v) is 10.9. The van der Waals surface area contributed by atoms with Crippen molar-refractivity contribution in [2.45, 2.75) is 60.8 Å². The molecule has 0 aromatic heterocycles. The minimum absolute atomic E-state index is 0.276. The molecule has 0 spiro atoms. The molecule has 0 aromatic carbocycles. The van der Waals surface area contributed by atoms with Crippen LogP contribution in [0.3, 0.4) is 0 Å². The number of thioether (sulfide) groups is 1. The summed E-state index contributed by atoms with van der Waals surface area (Å²) in [7, 11) is 0. The highest BCUT2D eigenvalue weighted by atomic mass is 32.2. The molecule has 1 aliphatic heterocycles. The zero-order valence-corrected chi connectivity index (χ0v) is 17.9. The van der Waals surface area contributed by atoms with E-state index in [1.54, 1.807) is 6.92 Å². The van der Waals surface area contributed by atoms with E-state index >= 15 is 0 Å². The normalized spacial score (nSPS) is 32.3. The Kier molecular flexibility index (Phi) is 6.47. The monoisotopic (exact) mass is 558 g/mol. The van der Waals surface area contributed by atoms with Crippen LogP contribution in [0.4, 0.5) is 57.1 Å². The van der Waals surface area contributed by atoms with Crippen molar-refractivity contribution in [2.24, 2.45) is 29.6 Å². The van der Waals surface area contributed by atoms with Gasteiger partial charge in [0, 0.05) is 11.7 Å². The van der Waals surface area contributed by atoms with Gasteiger partial charge in [-0.25, -0.2) is 0 Å². The lowest BCUT2D eigenvalue weighted by Gasteiger charge is -2.40. The van der Waals surface area contributed by atoms with Crippen LogP contribution in [0.5, 0.6) is 0 Å². The molecule has 1 heterocycles. The van der Waals surface area contributed by atoms with Crippen LogP contribution in [0, 0.1) is 29.6 Å². The molecule has 202 valence electrons. The van der Waals surface area contributed by atoms with Crippen LogP contribution in [-0.2, 0) is 14.3 Å². The fraction of sp³-hybridized carbons (Fsp3) is 0.889. The van der Waals surface area contributed by atoms with Gasteiger partial charge in [0.1, 0.15) is 0 Å². The number of rotatable bonds is 8. The molecule has 0 aromatic rings. The smallest absolute Gasteiger partial charge is 0.393 e. The van der Waals surface area contributed by atoms with Crippen molar-refractivity contribution in [3.8, 4) is 0 Å². The average Bonchev–Trinajstić information content (AvgIpc) is 3.31. The van der Waals surface area contributed by atoms with Crippen molar-refractivity contribution in [3.05, 3.63) is 0 Å². The summed E-state index contributed by atoms with van der Waals surface area (Å²) in [5.41, 5.74) is 0. The molecule has 2 saturated carbocycles. The summed E-state index contributed by atoms with van der Waals surface area (Å²) in [4.78, 5) is 23.6. The number of hydrogen-bond donors (Lipinski definition) is 0. The van der Waals surface area contributed by atoms with E-state index in [-0.39, 0.29) is 6.42 Å². The minimum Gasteiger partial charge on any atom is -0.393 e. The Balaban J connectivity index is 1.73. The molecule has 3 aliphatic rings. The zero-order chi connectivity index (χ0) is 27.2. The highest BCUT2D eigenvalue weighted by molar-refractivity contribution is 7.99. The second-order valence-corrected chi connectivity index (χ2v) is 10.1. The summed E-state index contributed by atoms with van der Waals surface area (Å²) in [5.74, 6) is -42.8. The van der Waals surface area contributed by atoms with Gasteiger partial charge in [0.2, 0.25) is 0 Å². The fourth-order valence-corrected chi connectivity index (χ4v) is 6.77. The SMILES string of the molecule is CC1C2CC(C1SCCC(F)(F)C(F)(F)C(F)(F)C(F)(F)C(F)(F)C(F)(F)F)C1C(=O)OC(=O)C21. The van der Waals surface area contributed by atoms with Gasteiger partial charge < -0.3 is 4.74 Å². The van der Waals surface area contributed by atoms with Gasteiger partial charge in [-0.3, -0.25) is 9.59 Å².